The van der Waals surface area contributed by atoms with E-state index >= 15 is 0 Å². The highest BCUT2D eigenvalue weighted by molar-refractivity contribution is 7.93. The molecule has 1 aliphatic heterocycles. The zero-order valence-corrected chi connectivity index (χ0v) is 17.1. The van der Waals surface area contributed by atoms with Crippen LogP contribution in [0.25, 0.3) is 10.8 Å². The molecule has 1 heterocycles. The maximum Gasteiger partial charge on any atom is 0.271 e. The van der Waals surface area contributed by atoms with Crippen molar-refractivity contribution < 1.29 is 18.1 Å². The average molecular weight is 446 g/mol. The Morgan fingerprint density at radius 3 is 2.60 bits per heavy atom. The first-order valence-electron chi connectivity index (χ1n) is 9.07. The molecule has 0 saturated heterocycles. The Morgan fingerprint density at radius 2 is 1.87 bits per heavy atom. The third-order valence-electron chi connectivity index (χ3n) is 4.88. The van der Waals surface area contributed by atoms with Gasteiger partial charge in [0.05, 0.1) is 26.2 Å². The third-order valence-corrected chi connectivity index (χ3v) is 7.07. The minimum Gasteiger partial charge on any atom is -0.325 e. The number of benzene rings is 3. The summed E-state index contributed by atoms with van der Waals surface area (Å²) in [4.78, 5) is 22.9. The molecule has 30 heavy (non-hydrogen) atoms. The van der Waals surface area contributed by atoms with E-state index in [1.807, 2.05) is 12.1 Å². The maximum absolute atomic E-state index is 12.9. The zero-order chi connectivity index (χ0) is 21.5. The number of amides is 1. The number of sulfonamides is 1. The fraction of sp³-hybridized carbons (Fsp3) is 0.150. The Bertz CT molecular complexity index is 1290. The summed E-state index contributed by atoms with van der Waals surface area (Å²) in [5, 5.41) is 15.1. The number of non-ortho nitro benzene ring substituents is 1. The van der Waals surface area contributed by atoms with E-state index in [9.17, 15) is 23.3 Å². The number of hydrogen-bond donors (Lipinski definition) is 1. The van der Waals surface area contributed by atoms with E-state index in [1.165, 1.54) is 22.5 Å². The van der Waals surface area contributed by atoms with Crippen molar-refractivity contribution in [3.05, 3.63) is 69.7 Å². The van der Waals surface area contributed by atoms with Gasteiger partial charge in [0.15, 0.2) is 0 Å². The second kappa shape index (κ2) is 7.58. The SMILES string of the molecule is O=C(CCCN1c2cccc3cccc(c23)S1(=O)=O)Nc1cc([N+](=O)[O-])ccc1Cl. The maximum atomic E-state index is 12.9. The summed E-state index contributed by atoms with van der Waals surface area (Å²) < 4.78 is 27.2. The van der Waals surface area contributed by atoms with Gasteiger partial charge >= 0.3 is 0 Å². The van der Waals surface area contributed by atoms with Crippen molar-refractivity contribution in [2.45, 2.75) is 17.7 Å². The van der Waals surface area contributed by atoms with Crippen LogP contribution in [-0.4, -0.2) is 25.8 Å². The van der Waals surface area contributed by atoms with Gasteiger partial charge in [0.2, 0.25) is 5.91 Å². The molecule has 0 saturated carbocycles. The lowest BCUT2D eigenvalue weighted by Crippen LogP contribution is -2.29. The van der Waals surface area contributed by atoms with Crippen LogP contribution >= 0.6 is 11.6 Å². The summed E-state index contributed by atoms with van der Waals surface area (Å²) >= 11 is 5.99. The molecule has 1 amide bonds. The highest BCUT2D eigenvalue weighted by Crippen LogP contribution is 2.42. The summed E-state index contributed by atoms with van der Waals surface area (Å²) in [6, 6.07) is 14.3. The zero-order valence-electron chi connectivity index (χ0n) is 15.5. The van der Waals surface area contributed by atoms with Gasteiger partial charge in [-0.1, -0.05) is 35.9 Å². The molecule has 0 aliphatic carbocycles. The van der Waals surface area contributed by atoms with Crippen molar-refractivity contribution in [3.63, 3.8) is 0 Å². The van der Waals surface area contributed by atoms with Crippen molar-refractivity contribution >= 4 is 55.4 Å². The Balaban J connectivity index is 1.45. The summed E-state index contributed by atoms with van der Waals surface area (Å²) in [6.45, 7) is 0.131. The molecule has 10 heteroatoms. The van der Waals surface area contributed by atoms with E-state index in [2.05, 4.69) is 5.32 Å². The molecule has 3 aromatic rings. The van der Waals surface area contributed by atoms with E-state index in [4.69, 9.17) is 11.6 Å². The Morgan fingerprint density at radius 1 is 1.13 bits per heavy atom. The average Bonchev–Trinajstić information content (AvgIpc) is 2.93. The number of halogens is 1. The van der Waals surface area contributed by atoms with Crippen molar-refractivity contribution in [2.24, 2.45) is 0 Å². The van der Waals surface area contributed by atoms with Gasteiger partial charge in [-0.3, -0.25) is 19.2 Å². The van der Waals surface area contributed by atoms with Crippen molar-refractivity contribution in [1.29, 1.82) is 0 Å². The number of nitro groups is 1. The molecule has 0 fully saturated rings. The molecule has 0 aromatic heterocycles. The Kier molecular flexibility index (Phi) is 5.08. The minimum absolute atomic E-state index is 0.0252. The highest BCUT2D eigenvalue weighted by atomic mass is 35.5. The number of rotatable bonds is 6. The molecule has 8 nitrogen and oxygen atoms in total. The largest absolute Gasteiger partial charge is 0.325 e. The third kappa shape index (κ3) is 3.46. The highest BCUT2D eigenvalue weighted by Gasteiger charge is 2.35. The molecule has 1 N–H and O–H groups in total. The van der Waals surface area contributed by atoms with E-state index < -0.39 is 20.9 Å². The lowest BCUT2D eigenvalue weighted by Gasteiger charge is -2.18. The topological polar surface area (TPSA) is 110 Å². The van der Waals surface area contributed by atoms with Gasteiger partial charge < -0.3 is 5.32 Å². The predicted octanol–water partition coefficient (Wildman–Crippen LogP) is 4.33. The van der Waals surface area contributed by atoms with Gasteiger partial charge in [0, 0.05) is 30.5 Å². The van der Waals surface area contributed by atoms with Gasteiger partial charge in [0.25, 0.3) is 15.7 Å². The summed E-state index contributed by atoms with van der Waals surface area (Å²) in [5.41, 5.74) is 0.552. The van der Waals surface area contributed by atoms with E-state index in [0.717, 1.165) is 5.39 Å². The quantitative estimate of drug-likeness (QED) is 0.448. The molecule has 0 atom stereocenters. The van der Waals surface area contributed by atoms with Crippen molar-refractivity contribution in [2.75, 3.05) is 16.2 Å². The second-order valence-electron chi connectivity index (χ2n) is 6.78. The van der Waals surface area contributed by atoms with E-state index in [-0.39, 0.29) is 40.7 Å². The lowest BCUT2D eigenvalue weighted by molar-refractivity contribution is -0.384. The van der Waals surface area contributed by atoms with Gasteiger partial charge in [-0.15, -0.1) is 0 Å². The number of anilines is 2. The van der Waals surface area contributed by atoms with Crippen molar-refractivity contribution in [3.8, 4) is 0 Å². The summed E-state index contributed by atoms with van der Waals surface area (Å²) in [6.07, 6.45) is 0.291. The van der Waals surface area contributed by atoms with E-state index in [0.29, 0.717) is 11.1 Å². The standard InChI is InChI=1S/C20H16ClN3O5S/c21-15-10-9-14(24(26)27)12-16(15)22-19(25)8-3-11-23-17-6-1-4-13-5-2-7-18(20(13)17)30(23,28)29/h1-2,4-7,9-10,12H,3,8,11H2,(H,22,25). The lowest BCUT2D eigenvalue weighted by atomic mass is 10.1. The summed E-state index contributed by atoms with van der Waals surface area (Å²) in [7, 11) is -3.67. The van der Waals surface area contributed by atoms with Crippen LogP contribution in [-0.2, 0) is 14.8 Å². The number of carbonyl (C=O) groups is 1. The molecule has 0 radical (unpaired) electrons. The Labute approximate surface area is 177 Å². The number of carbonyl (C=O) groups excluding carboxylic acids is 1. The first kappa shape index (κ1) is 20.1. The van der Waals surface area contributed by atoms with Crippen molar-refractivity contribution in [1.82, 2.24) is 0 Å². The fourth-order valence-corrected chi connectivity index (χ4v) is 5.43. The first-order chi connectivity index (χ1) is 14.3. The smallest absolute Gasteiger partial charge is 0.271 e. The summed E-state index contributed by atoms with van der Waals surface area (Å²) in [5.74, 6) is -0.412. The van der Waals surface area contributed by atoms with Gasteiger partial charge in [-0.05, 0) is 30.0 Å². The van der Waals surface area contributed by atoms with Crippen LogP contribution in [0, 0.1) is 10.1 Å². The van der Waals surface area contributed by atoms with Crippen LogP contribution in [0.1, 0.15) is 12.8 Å². The normalized spacial score (nSPS) is 14.1. The van der Waals surface area contributed by atoms with Gasteiger partial charge in [0.1, 0.15) is 0 Å². The van der Waals surface area contributed by atoms with Crippen LogP contribution in [0.2, 0.25) is 5.02 Å². The second-order valence-corrected chi connectivity index (χ2v) is 9.02. The molecule has 0 bridgehead atoms. The number of nitrogens with zero attached hydrogens (tertiary/aromatic N) is 2. The molecule has 0 unspecified atom stereocenters. The van der Waals surface area contributed by atoms with Gasteiger partial charge in [-0.25, -0.2) is 8.42 Å². The number of hydrogen-bond acceptors (Lipinski definition) is 5. The first-order valence-corrected chi connectivity index (χ1v) is 10.9. The predicted molar refractivity (Wildman–Crippen MR) is 114 cm³/mol. The fourth-order valence-electron chi connectivity index (χ4n) is 3.52. The molecular formula is C20H16ClN3O5S. The molecule has 0 spiro atoms. The van der Waals surface area contributed by atoms with Gasteiger partial charge in [-0.2, -0.15) is 0 Å². The molecule has 4 rings (SSSR count). The van der Waals surface area contributed by atoms with Crippen LogP contribution in [0.15, 0.2) is 59.5 Å². The molecule has 154 valence electrons. The minimum atomic E-state index is -3.67. The molecule has 3 aromatic carbocycles. The van der Waals surface area contributed by atoms with Crippen LogP contribution in [0.4, 0.5) is 17.1 Å². The number of nitro benzene ring substituents is 1. The molecule has 1 aliphatic rings. The van der Waals surface area contributed by atoms with Crippen LogP contribution in [0.3, 0.4) is 0 Å². The Hall–Kier alpha value is -3.17. The van der Waals surface area contributed by atoms with Crippen LogP contribution < -0.4 is 9.62 Å². The van der Waals surface area contributed by atoms with E-state index in [1.54, 1.807) is 24.3 Å². The molecular weight excluding hydrogens is 430 g/mol. The monoisotopic (exact) mass is 445 g/mol. The van der Waals surface area contributed by atoms with Crippen LogP contribution in [0.5, 0.6) is 0 Å². The number of nitrogens with one attached hydrogen (secondary N) is 1.